The third kappa shape index (κ3) is 2.20. The molecule has 1 aromatic carbocycles. The highest BCUT2D eigenvalue weighted by molar-refractivity contribution is 5.55. The second-order valence-electron chi connectivity index (χ2n) is 5.63. The summed E-state index contributed by atoms with van der Waals surface area (Å²) in [4.78, 5) is 2.35. The van der Waals surface area contributed by atoms with Crippen LogP contribution < -0.4 is 4.90 Å². The van der Waals surface area contributed by atoms with Crippen LogP contribution in [0.3, 0.4) is 0 Å². The molecule has 0 radical (unpaired) electrons. The van der Waals surface area contributed by atoms with E-state index >= 15 is 0 Å². The molecule has 4 heteroatoms. The van der Waals surface area contributed by atoms with E-state index in [4.69, 9.17) is 0 Å². The van der Waals surface area contributed by atoms with Crippen LogP contribution in [0, 0.1) is 12.8 Å². The Morgan fingerprint density at radius 1 is 1.30 bits per heavy atom. The Balaban J connectivity index is 2.10. The van der Waals surface area contributed by atoms with Crippen molar-refractivity contribution in [2.75, 3.05) is 18.0 Å². The number of hydrogen-bond acceptors (Lipinski definition) is 3. The number of benzene rings is 1. The van der Waals surface area contributed by atoms with Crippen molar-refractivity contribution in [3.05, 3.63) is 41.6 Å². The lowest BCUT2D eigenvalue weighted by molar-refractivity contribution is 0.281. The average molecular weight is 271 g/mol. The van der Waals surface area contributed by atoms with Crippen molar-refractivity contribution in [1.82, 2.24) is 9.78 Å². The summed E-state index contributed by atoms with van der Waals surface area (Å²) in [6.45, 7) is 6.35. The molecule has 0 bridgehead atoms. The minimum Gasteiger partial charge on any atom is -0.391 e. The Labute approximate surface area is 119 Å². The zero-order chi connectivity index (χ0) is 14.1. The van der Waals surface area contributed by atoms with Crippen molar-refractivity contribution in [1.29, 1.82) is 0 Å². The van der Waals surface area contributed by atoms with Gasteiger partial charge in [0, 0.05) is 18.7 Å². The lowest BCUT2D eigenvalue weighted by Crippen LogP contribution is -2.23. The second-order valence-corrected chi connectivity index (χ2v) is 5.63. The van der Waals surface area contributed by atoms with Crippen LogP contribution in [-0.4, -0.2) is 28.0 Å². The summed E-state index contributed by atoms with van der Waals surface area (Å²) < 4.78 is 1.97. The van der Waals surface area contributed by atoms with Gasteiger partial charge in [-0.05, 0) is 31.4 Å². The first-order chi connectivity index (χ1) is 9.70. The zero-order valence-electron chi connectivity index (χ0n) is 12.1. The first kappa shape index (κ1) is 13.2. The highest BCUT2D eigenvalue weighted by Gasteiger charge is 2.26. The monoisotopic (exact) mass is 271 g/mol. The molecule has 1 atom stereocenters. The lowest BCUT2D eigenvalue weighted by Gasteiger charge is -2.21. The van der Waals surface area contributed by atoms with Crippen LogP contribution >= 0.6 is 0 Å². The molecule has 0 amide bonds. The van der Waals surface area contributed by atoms with Gasteiger partial charge in [0.1, 0.15) is 5.82 Å². The minimum absolute atomic E-state index is 0.0406. The van der Waals surface area contributed by atoms with Gasteiger partial charge in [0.05, 0.1) is 18.0 Å². The van der Waals surface area contributed by atoms with Crippen LogP contribution in [0.4, 0.5) is 5.82 Å². The summed E-state index contributed by atoms with van der Waals surface area (Å²) in [6.07, 6.45) is 1.20. The maximum atomic E-state index is 9.71. The van der Waals surface area contributed by atoms with Gasteiger partial charge in [-0.15, -0.1) is 0 Å². The molecule has 0 spiro atoms. The molecule has 20 heavy (non-hydrogen) atoms. The number of anilines is 1. The normalized spacial score (nSPS) is 18.8. The molecule has 1 fully saturated rings. The third-order valence-electron chi connectivity index (χ3n) is 4.04. The predicted molar refractivity (Wildman–Crippen MR) is 80.2 cm³/mol. The number of rotatable bonds is 3. The van der Waals surface area contributed by atoms with Crippen LogP contribution in [0.2, 0.25) is 0 Å². The lowest BCUT2D eigenvalue weighted by atomic mass is 10.2. The van der Waals surface area contributed by atoms with E-state index in [2.05, 4.69) is 29.1 Å². The molecular formula is C16H21N3O. The Hall–Kier alpha value is -1.81. The number of nitrogens with zero attached hydrogens (tertiary/aromatic N) is 3. The molecule has 1 aromatic heterocycles. The van der Waals surface area contributed by atoms with Crippen LogP contribution in [-0.2, 0) is 6.61 Å². The van der Waals surface area contributed by atoms with E-state index in [1.165, 1.54) is 6.42 Å². The number of aromatic nitrogens is 2. The predicted octanol–water partition coefficient (Wildman–Crippen LogP) is 2.52. The quantitative estimate of drug-likeness (QED) is 0.932. The molecular weight excluding hydrogens is 250 g/mol. The van der Waals surface area contributed by atoms with E-state index in [0.717, 1.165) is 35.9 Å². The van der Waals surface area contributed by atoms with Gasteiger partial charge in [-0.3, -0.25) is 0 Å². The minimum atomic E-state index is 0.0406. The first-order valence-corrected chi connectivity index (χ1v) is 7.20. The van der Waals surface area contributed by atoms with Gasteiger partial charge < -0.3 is 10.0 Å². The number of aryl methyl sites for hydroxylation is 1. The van der Waals surface area contributed by atoms with E-state index in [0.29, 0.717) is 5.92 Å². The van der Waals surface area contributed by atoms with Crippen LogP contribution in [0.25, 0.3) is 5.69 Å². The van der Waals surface area contributed by atoms with Crippen molar-refractivity contribution in [2.45, 2.75) is 26.9 Å². The topological polar surface area (TPSA) is 41.3 Å². The molecule has 1 aliphatic heterocycles. The summed E-state index contributed by atoms with van der Waals surface area (Å²) in [5.74, 6) is 1.75. The Bertz CT molecular complexity index is 591. The molecule has 0 aliphatic carbocycles. The zero-order valence-corrected chi connectivity index (χ0v) is 12.1. The Morgan fingerprint density at radius 3 is 2.65 bits per heavy atom. The summed E-state index contributed by atoms with van der Waals surface area (Å²) in [6, 6.07) is 10.1. The van der Waals surface area contributed by atoms with Gasteiger partial charge in [-0.25, -0.2) is 4.68 Å². The highest BCUT2D eigenvalue weighted by atomic mass is 16.3. The average Bonchev–Trinajstić information content (AvgIpc) is 3.03. The molecule has 1 unspecified atom stereocenters. The van der Waals surface area contributed by atoms with Gasteiger partial charge >= 0.3 is 0 Å². The van der Waals surface area contributed by atoms with Crippen LogP contribution in [0.1, 0.15) is 24.6 Å². The number of aliphatic hydroxyl groups excluding tert-OH is 1. The molecule has 1 N–H and O–H groups in total. The second kappa shape index (κ2) is 5.29. The van der Waals surface area contributed by atoms with E-state index in [1.807, 2.05) is 29.8 Å². The number of para-hydroxylation sites is 1. The van der Waals surface area contributed by atoms with E-state index < -0.39 is 0 Å². The largest absolute Gasteiger partial charge is 0.391 e. The summed E-state index contributed by atoms with van der Waals surface area (Å²) in [5, 5.41) is 14.3. The van der Waals surface area contributed by atoms with Crippen LogP contribution in [0.15, 0.2) is 30.3 Å². The van der Waals surface area contributed by atoms with Crippen molar-refractivity contribution < 1.29 is 5.11 Å². The number of aliphatic hydroxyl groups is 1. The van der Waals surface area contributed by atoms with Gasteiger partial charge in [0.2, 0.25) is 0 Å². The smallest absolute Gasteiger partial charge is 0.138 e. The fourth-order valence-corrected chi connectivity index (χ4v) is 2.93. The summed E-state index contributed by atoms with van der Waals surface area (Å²) in [7, 11) is 0. The third-order valence-corrected chi connectivity index (χ3v) is 4.04. The molecule has 2 heterocycles. The Morgan fingerprint density at radius 2 is 2.05 bits per heavy atom. The fraction of sp³-hybridized carbons (Fsp3) is 0.438. The van der Waals surface area contributed by atoms with Gasteiger partial charge in [-0.2, -0.15) is 5.10 Å². The van der Waals surface area contributed by atoms with Gasteiger partial charge in [0.25, 0.3) is 0 Å². The summed E-state index contributed by atoms with van der Waals surface area (Å²) >= 11 is 0. The van der Waals surface area contributed by atoms with Gasteiger partial charge in [0.15, 0.2) is 0 Å². The molecule has 2 aromatic rings. The van der Waals surface area contributed by atoms with Gasteiger partial charge in [-0.1, -0.05) is 25.1 Å². The van der Waals surface area contributed by atoms with E-state index in [1.54, 1.807) is 0 Å². The molecule has 3 rings (SSSR count). The van der Waals surface area contributed by atoms with Crippen molar-refractivity contribution in [3.63, 3.8) is 0 Å². The molecule has 1 saturated heterocycles. The van der Waals surface area contributed by atoms with Crippen molar-refractivity contribution >= 4 is 5.82 Å². The Kier molecular flexibility index (Phi) is 3.49. The van der Waals surface area contributed by atoms with E-state index in [9.17, 15) is 5.11 Å². The summed E-state index contributed by atoms with van der Waals surface area (Å²) in [5.41, 5.74) is 2.90. The fourth-order valence-electron chi connectivity index (χ4n) is 2.93. The standard InChI is InChI=1S/C16H21N3O/c1-12-8-9-18(10-12)16-15(11-20)13(2)17-19(16)14-6-4-3-5-7-14/h3-7,12,20H,8-11H2,1-2H3. The van der Waals surface area contributed by atoms with Crippen LogP contribution in [0.5, 0.6) is 0 Å². The first-order valence-electron chi connectivity index (χ1n) is 7.20. The number of hydrogen-bond donors (Lipinski definition) is 1. The highest BCUT2D eigenvalue weighted by Crippen LogP contribution is 2.31. The maximum absolute atomic E-state index is 9.71. The van der Waals surface area contributed by atoms with Crippen molar-refractivity contribution in [3.8, 4) is 5.69 Å². The SMILES string of the molecule is Cc1nn(-c2ccccc2)c(N2CCC(C)C2)c1CO. The molecule has 1 aliphatic rings. The molecule has 106 valence electrons. The molecule has 0 saturated carbocycles. The van der Waals surface area contributed by atoms with E-state index in [-0.39, 0.29) is 6.61 Å². The molecule has 4 nitrogen and oxygen atoms in total. The van der Waals surface area contributed by atoms with Crippen molar-refractivity contribution in [2.24, 2.45) is 5.92 Å². The maximum Gasteiger partial charge on any atom is 0.138 e.